The molecule has 39 heavy (non-hydrogen) atoms. The maximum atomic E-state index is 10.2. The van der Waals surface area contributed by atoms with Crippen molar-refractivity contribution in [1.82, 2.24) is 4.90 Å². The second kappa shape index (κ2) is 11.9. The van der Waals surface area contributed by atoms with Crippen LogP contribution in [0.2, 0.25) is 0 Å². The van der Waals surface area contributed by atoms with Gasteiger partial charge < -0.3 is 24.2 Å². The van der Waals surface area contributed by atoms with Crippen LogP contribution in [-0.4, -0.2) is 69.7 Å². The van der Waals surface area contributed by atoms with Gasteiger partial charge in [-0.15, -0.1) is 11.3 Å². The average Bonchev–Trinajstić information content (AvgIpc) is 3.62. The first kappa shape index (κ1) is 26.0. The van der Waals surface area contributed by atoms with Gasteiger partial charge in [-0.25, -0.2) is 0 Å². The summed E-state index contributed by atoms with van der Waals surface area (Å²) in [5.41, 5.74) is 4.73. The molecule has 1 N–H and O–H groups in total. The van der Waals surface area contributed by atoms with Crippen molar-refractivity contribution in [1.29, 1.82) is 0 Å². The van der Waals surface area contributed by atoms with Crippen LogP contribution < -0.4 is 14.4 Å². The van der Waals surface area contributed by atoms with Gasteiger partial charge in [0.2, 0.25) is 0 Å². The fraction of sp³-hybridized carbons (Fsp3) is 0.375. The smallest absolute Gasteiger partial charge is 0.142 e. The lowest BCUT2D eigenvalue weighted by molar-refractivity contribution is 0.122. The lowest BCUT2D eigenvalue weighted by Gasteiger charge is -2.30. The van der Waals surface area contributed by atoms with Gasteiger partial charge in [0.25, 0.3) is 0 Å². The number of benzene rings is 3. The Hall–Kier alpha value is -3.26. The number of likely N-dealkylation sites (tertiary alicyclic amines) is 1. The summed E-state index contributed by atoms with van der Waals surface area (Å²) in [7, 11) is 1.74. The highest BCUT2D eigenvalue weighted by atomic mass is 32.1. The topological polar surface area (TPSA) is 54.4 Å². The molecule has 6 rings (SSSR count). The fourth-order valence-electron chi connectivity index (χ4n) is 5.65. The second-order valence-corrected chi connectivity index (χ2v) is 11.3. The van der Waals surface area contributed by atoms with Crippen LogP contribution in [0.25, 0.3) is 20.5 Å². The largest absolute Gasteiger partial charge is 0.508 e. The van der Waals surface area contributed by atoms with E-state index in [9.17, 15) is 5.11 Å². The number of hydrogen-bond acceptors (Lipinski definition) is 7. The Labute approximate surface area is 234 Å². The molecule has 0 atom stereocenters. The average molecular weight is 545 g/mol. The maximum absolute atomic E-state index is 10.2. The molecule has 0 unspecified atom stereocenters. The third kappa shape index (κ3) is 5.86. The summed E-state index contributed by atoms with van der Waals surface area (Å²) < 4.78 is 18.5. The third-order valence-electron chi connectivity index (χ3n) is 7.74. The molecule has 1 aromatic heterocycles. The van der Waals surface area contributed by atoms with Crippen molar-refractivity contribution >= 4 is 27.1 Å². The number of aromatic hydroxyl groups is 1. The highest BCUT2D eigenvalue weighted by Crippen LogP contribution is 2.42. The van der Waals surface area contributed by atoms with Gasteiger partial charge in [-0.3, -0.25) is 4.90 Å². The molecule has 0 aliphatic carbocycles. The first-order valence-electron chi connectivity index (χ1n) is 13.9. The number of nitrogens with zero attached hydrogens (tertiary/aromatic N) is 2. The van der Waals surface area contributed by atoms with Gasteiger partial charge in [0.15, 0.2) is 0 Å². The number of anilines is 1. The highest BCUT2D eigenvalue weighted by Gasteiger charge is 2.19. The van der Waals surface area contributed by atoms with Crippen molar-refractivity contribution in [3.05, 3.63) is 71.8 Å². The molecule has 0 amide bonds. The quantitative estimate of drug-likeness (QED) is 0.271. The van der Waals surface area contributed by atoms with Gasteiger partial charge >= 0.3 is 0 Å². The van der Waals surface area contributed by atoms with Gasteiger partial charge in [0.1, 0.15) is 23.9 Å². The molecular weight excluding hydrogens is 508 g/mol. The van der Waals surface area contributed by atoms with Crippen molar-refractivity contribution in [2.75, 3.05) is 64.6 Å². The Morgan fingerprint density at radius 1 is 0.923 bits per heavy atom. The van der Waals surface area contributed by atoms with Crippen molar-refractivity contribution in [3.63, 3.8) is 0 Å². The van der Waals surface area contributed by atoms with Crippen LogP contribution in [0.4, 0.5) is 5.69 Å². The Morgan fingerprint density at radius 3 is 2.49 bits per heavy atom. The summed E-state index contributed by atoms with van der Waals surface area (Å²) in [4.78, 5) is 6.01. The molecule has 204 valence electrons. The number of morpholine rings is 1. The minimum absolute atomic E-state index is 0.292. The first-order valence-corrected chi connectivity index (χ1v) is 14.7. The summed E-state index contributed by atoms with van der Waals surface area (Å²) in [6.07, 6.45) is 3.37. The first-order chi connectivity index (χ1) is 19.2. The predicted octanol–water partition coefficient (Wildman–Crippen LogP) is 6.18. The molecule has 0 radical (unpaired) electrons. The molecule has 6 nitrogen and oxygen atoms in total. The lowest BCUT2D eigenvalue weighted by atomic mass is 9.98. The van der Waals surface area contributed by atoms with Crippen molar-refractivity contribution in [2.24, 2.45) is 0 Å². The number of phenolic OH excluding ortho intramolecular Hbond substituents is 1. The van der Waals surface area contributed by atoms with E-state index in [4.69, 9.17) is 14.2 Å². The monoisotopic (exact) mass is 544 g/mol. The zero-order valence-corrected chi connectivity index (χ0v) is 23.3. The zero-order chi connectivity index (χ0) is 26.6. The van der Waals surface area contributed by atoms with Gasteiger partial charge in [-0.05, 0) is 109 Å². The third-order valence-corrected chi connectivity index (χ3v) is 8.99. The molecule has 2 saturated heterocycles. The number of fused-ring (bicyclic) bond motifs is 1. The Balaban J connectivity index is 1.26. The second-order valence-electron chi connectivity index (χ2n) is 10.3. The van der Waals surface area contributed by atoms with E-state index in [-0.39, 0.29) is 0 Å². The Bertz CT molecular complexity index is 1410. The Morgan fingerprint density at radius 2 is 1.72 bits per heavy atom. The van der Waals surface area contributed by atoms with E-state index in [1.807, 2.05) is 12.1 Å². The number of hydrogen-bond donors (Lipinski definition) is 1. The molecule has 3 heterocycles. The molecule has 7 heteroatoms. The van der Waals surface area contributed by atoms with Gasteiger partial charge in [0.05, 0.1) is 26.0 Å². The van der Waals surface area contributed by atoms with Gasteiger partial charge in [-0.2, -0.15) is 0 Å². The van der Waals surface area contributed by atoms with E-state index in [0.717, 1.165) is 73.3 Å². The van der Waals surface area contributed by atoms with E-state index >= 15 is 0 Å². The zero-order valence-electron chi connectivity index (χ0n) is 22.5. The van der Waals surface area contributed by atoms with Crippen LogP contribution in [0.1, 0.15) is 24.0 Å². The van der Waals surface area contributed by atoms with Crippen LogP contribution in [0.3, 0.4) is 0 Å². The fourth-order valence-corrected chi connectivity index (χ4v) is 6.91. The van der Waals surface area contributed by atoms with E-state index in [2.05, 4.69) is 52.3 Å². The SMILES string of the molecule is COc1cc(Cc2c(-c3ccc(OCCN4CCCC4)cc3)sc3cc(O)ccc23)ccc1N1CCOCC1. The van der Waals surface area contributed by atoms with E-state index in [0.29, 0.717) is 5.75 Å². The van der Waals surface area contributed by atoms with Crippen LogP contribution in [0.5, 0.6) is 17.2 Å². The van der Waals surface area contributed by atoms with Gasteiger partial charge in [-0.1, -0.05) is 6.07 Å². The molecule has 2 aliphatic heterocycles. The number of phenols is 1. The molecule has 2 aliphatic rings. The summed E-state index contributed by atoms with van der Waals surface area (Å²) in [5, 5.41) is 11.3. The minimum Gasteiger partial charge on any atom is -0.508 e. The molecule has 2 fully saturated rings. The molecule has 3 aromatic carbocycles. The molecular formula is C32H36N2O4S. The Kier molecular flexibility index (Phi) is 7.90. The van der Waals surface area contributed by atoms with E-state index in [1.165, 1.54) is 47.3 Å². The standard InChI is InChI=1S/C32H36N2O4S/c1-36-30-21-23(4-11-29(30)34-15-17-37-18-16-34)20-28-27-10-7-25(35)22-31(27)39-32(28)24-5-8-26(9-6-24)38-19-14-33-12-2-3-13-33/h4-11,21-22,35H,2-3,12-20H2,1H3. The summed E-state index contributed by atoms with van der Waals surface area (Å²) in [5.74, 6) is 2.09. The predicted molar refractivity (Wildman–Crippen MR) is 159 cm³/mol. The molecule has 4 aromatic rings. The van der Waals surface area contributed by atoms with Crippen molar-refractivity contribution in [3.8, 4) is 27.7 Å². The minimum atomic E-state index is 0.292. The number of thiophene rings is 1. The van der Waals surface area contributed by atoms with Crippen molar-refractivity contribution < 1.29 is 19.3 Å². The molecule has 0 spiro atoms. The maximum Gasteiger partial charge on any atom is 0.142 e. The lowest BCUT2D eigenvalue weighted by Crippen LogP contribution is -2.36. The summed E-state index contributed by atoms with van der Waals surface area (Å²) in [6.45, 7) is 7.30. The molecule has 0 bridgehead atoms. The summed E-state index contributed by atoms with van der Waals surface area (Å²) >= 11 is 1.73. The normalized spacial score (nSPS) is 16.2. The number of ether oxygens (including phenoxy) is 3. The van der Waals surface area contributed by atoms with E-state index < -0.39 is 0 Å². The van der Waals surface area contributed by atoms with Crippen LogP contribution in [0, 0.1) is 0 Å². The van der Waals surface area contributed by atoms with Crippen LogP contribution in [0.15, 0.2) is 60.7 Å². The van der Waals surface area contributed by atoms with Crippen molar-refractivity contribution in [2.45, 2.75) is 19.3 Å². The van der Waals surface area contributed by atoms with Crippen LogP contribution >= 0.6 is 11.3 Å². The highest BCUT2D eigenvalue weighted by molar-refractivity contribution is 7.22. The number of methoxy groups -OCH3 is 1. The van der Waals surface area contributed by atoms with E-state index in [1.54, 1.807) is 24.5 Å². The van der Waals surface area contributed by atoms with Crippen LogP contribution in [-0.2, 0) is 11.2 Å². The molecule has 0 saturated carbocycles. The number of rotatable bonds is 9. The summed E-state index contributed by atoms with van der Waals surface area (Å²) in [6, 6.07) is 20.7. The van der Waals surface area contributed by atoms with Gasteiger partial charge in [0, 0.05) is 29.2 Å².